The number of para-hydroxylation sites is 1. The van der Waals surface area contributed by atoms with Gasteiger partial charge in [-0.3, -0.25) is 4.98 Å². The normalized spacial score (nSPS) is 15.3. The van der Waals surface area contributed by atoms with E-state index in [0.717, 1.165) is 22.4 Å². The Bertz CT molecular complexity index is 1440. The number of allylic oxidation sites excluding steroid dienone is 1. The van der Waals surface area contributed by atoms with Crippen molar-refractivity contribution in [1.29, 1.82) is 5.26 Å². The second-order valence-electron chi connectivity index (χ2n) is 7.36. The van der Waals surface area contributed by atoms with Gasteiger partial charge in [0.05, 0.1) is 16.9 Å². The molecule has 150 valence electrons. The summed E-state index contributed by atoms with van der Waals surface area (Å²) < 4.78 is 11.3. The van der Waals surface area contributed by atoms with Crippen molar-refractivity contribution in [3.05, 3.63) is 106 Å². The number of fused-ring (bicyclic) bond motifs is 3. The van der Waals surface area contributed by atoms with Crippen LogP contribution in [0.15, 0.2) is 87.5 Å². The van der Waals surface area contributed by atoms with Gasteiger partial charge in [0.15, 0.2) is 5.75 Å². The van der Waals surface area contributed by atoms with Gasteiger partial charge in [-0.05, 0) is 36.2 Å². The standard InChI is InChI=1S/C25H17N3O3/c1-14-6-7-17(13-28-14)15-8-10-16(11-9-15)21-19(12-26)24(27)31-23-18-4-2-3-5-20(18)30-25(29)22(21)23/h2-11,13,21H,27H2,1H3. The van der Waals surface area contributed by atoms with Crippen LogP contribution in [0.1, 0.15) is 22.7 Å². The van der Waals surface area contributed by atoms with Crippen LogP contribution in [-0.4, -0.2) is 4.98 Å². The second kappa shape index (κ2) is 7.15. The number of aromatic nitrogens is 1. The molecule has 0 saturated carbocycles. The molecule has 1 aliphatic heterocycles. The zero-order valence-corrected chi connectivity index (χ0v) is 16.6. The van der Waals surface area contributed by atoms with E-state index in [1.165, 1.54) is 0 Å². The summed E-state index contributed by atoms with van der Waals surface area (Å²) in [6, 6.07) is 20.8. The molecule has 4 aromatic rings. The Morgan fingerprint density at radius 2 is 1.77 bits per heavy atom. The number of hydrogen-bond acceptors (Lipinski definition) is 6. The molecule has 6 nitrogen and oxygen atoms in total. The summed E-state index contributed by atoms with van der Waals surface area (Å²) in [5, 5.41) is 10.4. The van der Waals surface area contributed by atoms with Gasteiger partial charge in [-0.2, -0.15) is 5.26 Å². The van der Waals surface area contributed by atoms with Crippen molar-refractivity contribution in [3.8, 4) is 22.9 Å². The van der Waals surface area contributed by atoms with Gasteiger partial charge in [0.25, 0.3) is 0 Å². The van der Waals surface area contributed by atoms with Gasteiger partial charge in [-0.25, -0.2) is 4.79 Å². The van der Waals surface area contributed by atoms with Crippen LogP contribution in [0.25, 0.3) is 22.1 Å². The molecule has 31 heavy (non-hydrogen) atoms. The number of benzene rings is 2. The van der Waals surface area contributed by atoms with E-state index >= 15 is 0 Å². The molecule has 0 aliphatic carbocycles. The number of ether oxygens (including phenoxy) is 1. The Labute approximate surface area is 177 Å². The van der Waals surface area contributed by atoms with Crippen LogP contribution in [0.4, 0.5) is 0 Å². The van der Waals surface area contributed by atoms with Crippen molar-refractivity contribution in [2.45, 2.75) is 12.8 Å². The monoisotopic (exact) mass is 407 g/mol. The largest absolute Gasteiger partial charge is 0.439 e. The van der Waals surface area contributed by atoms with Gasteiger partial charge >= 0.3 is 5.63 Å². The number of nitriles is 1. The predicted octanol–water partition coefficient (Wildman–Crippen LogP) is 4.38. The van der Waals surface area contributed by atoms with E-state index in [1.54, 1.807) is 18.2 Å². The van der Waals surface area contributed by atoms with Crippen LogP contribution in [0.3, 0.4) is 0 Å². The second-order valence-corrected chi connectivity index (χ2v) is 7.36. The van der Waals surface area contributed by atoms with Crippen LogP contribution in [0.5, 0.6) is 5.75 Å². The number of nitrogens with two attached hydrogens (primary N) is 1. The van der Waals surface area contributed by atoms with Crippen LogP contribution < -0.4 is 16.1 Å². The summed E-state index contributed by atoms with van der Waals surface area (Å²) in [5.74, 6) is -0.359. The highest BCUT2D eigenvalue weighted by Gasteiger charge is 2.35. The van der Waals surface area contributed by atoms with Crippen molar-refractivity contribution < 1.29 is 9.15 Å². The van der Waals surface area contributed by atoms with Crippen molar-refractivity contribution in [3.63, 3.8) is 0 Å². The molecular formula is C25H17N3O3. The molecule has 0 spiro atoms. The van der Waals surface area contributed by atoms with E-state index in [-0.39, 0.29) is 17.0 Å². The van der Waals surface area contributed by atoms with E-state index in [9.17, 15) is 10.1 Å². The molecule has 1 aliphatic rings. The topological polar surface area (TPSA) is 102 Å². The van der Waals surface area contributed by atoms with E-state index in [0.29, 0.717) is 16.7 Å². The summed E-state index contributed by atoms with van der Waals surface area (Å²) in [6.07, 6.45) is 1.81. The highest BCUT2D eigenvalue weighted by atomic mass is 16.5. The van der Waals surface area contributed by atoms with Crippen molar-refractivity contribution >= 4 is 11.0 Å². The molecule has 5 rings (SSSR count). The quantitative estimate of drug-likeness (QED) is 0.495. The van der Waals surface area contributed by atoms with Gasteiger partial charge in [-0.15, -0.1) is 0 Å². The third-order valence-corrected chi connectivity index (χ3v) is 5.46. The lowest BCUT2D eigenvalue weighted by molar-refractivity contribution is 0.388. The molecular weight excluding hydrogens is 390 g/mol. The first-order valence-corrected chi connectivity index (χ1v) is 9.73. The van der Waals surface area contributed by atoms with Crippen LogP contribution in [-0.2, 0) is 0 Å². The molecule has 2 aromatic carbocycles. The van der Waals surface area contributed by atoms with Crippen LogP contribution in [0, 0.1) is 18.3 Å². The van der Waals surface area contributed by atoms with Gasteiger partial charge in [-0.1, -0.05) is 42.5 Å². The Balaban J connectivity index is 1.68. The predicted molar refractivity (Wildman–Crippen MR) is 116 cm³/mol. The van der Waals surface area contributed by atoms with Gasteiger partial charge in [0.1, 0.15) is 17.2 Å². The Morgan fingerprint density at radius 1 is 1.03 bits per heavy atom. The fourth-order valence-corrected chi connectivity index (χ4v) is 3.91. The lowest BCUT2D eigenvalue weighted by atomic mass is 9.83. The highest BCUT2D eigenvalue weighted by molar-refractivity contribution is 5.86. The third-order valence-electron chi connectivity index (χ3n) is 5.46. The highest BCUT2D eigenvalue weighted by Crippen LogP contribution is 2.43. The Morgan fingerprint density at radius 3 is 2.48 bits per heavy atom. The first-order valence-electron chi connectivity index (χ1n) is 9.73. The Hall–Kier alpha value is -4.37. The molecule has 1 unspecified atom stereocenters. The minimum atomic E-state index is -0.681. The number of hydrogen-bond donors (Lipinski definition) is 1. The first kappa shape index (κ1) is 18.6. The molecule has 0 fully saturated rings. The van der Waals surface area contributed by atoms with Crippen molar-refractivity contribution in [2.75, 3.05) is 0 Å². The number of rotatable bonds is 2. The molecule has 0 bridgehead atoms. The van der Waals surface area contributed by atoms with Crippen molar-refractivity contribution in [1.82, 2.24) is 4.98 Å². The average molecular weight is 407 g/mol. The molecule has 1 atom stereocenters. The van der Waals surface area contributed by atoms with Crippen molar-refractivity contribution in [2.24, 2.45) is 5.73 Å². The third kappa shape index (κ3) is 3.04. The minimum absolute atomic E-state index is 0.0115. The fraction of sp³-hybridized carbons (Fsp3) is 0.0800. The maximum absolute atomic E-state index is 12.9. The van der Waals surface area contributed by atoms with E-state index in [4.69, 9.17) is 14.9 Å². The van der Waals surface area contributed by atoms with Gasteiger partial charge in [0.2, 0.25) is 5.88 Å². The summed E-state index contributed by atoms with van der Waals surface area (Å²) in [4.78, 5) is 17.3. The first-order chi connectivity index (χ1) is 15.1. The SMILES string of the molecule is Cc1ccc(-c2ccc(C3C(C#N)=C(N)Oc4c3c(=O)oc3ccccc43)cc2)cn1. The molecule has 0 saturated heterocycles. The number of aryl methyl sites for hydroxylation is 1. The maximum atomic E-state index is 12.9. The van der Waals surface area contributed by atoms with E-state index < -0.39 is 11.5 Å². The van der Waals surface area contributed by atoms with E-state index in [1.807, 2.05) is 55.6 Å². The summed E-state index contributed by atoms with van der Waals surface area (Å²) in [5.41, 5.74) is 10.0. The molecule has 0 radical (unpaired) electrons. The lowest BCUT2D eigenvalue weighted by Gasteiger charge is -2.26. The van der Waals surface area contributed by atoms with E-state index in [2.05, 4.69) is 11.1 Å². The van der Waals surface area contributed by atoms with Gasteiger partial charge < -0.3 is 14.9 Å². The van der Waals surface area contributed by atoms with Crippen LogP contribution >= 0.6 is 0 Å². The average Bonchev–Trinajstić information content (AvgIpc) is 2.79. The summed E-state index contributed by atoms with van der Waals surface area (Å²) >= 11 is 0. The minimum Gasteiger partial charge on any atom is -0.439 e. The summed E-state index contributed by atoms with van der Waals surface area (Å²) in [6.45, 7) is 1.94. The lowest BCUT2D eigenvalue weighted by Crippen LogP contribution is -2.26. The summed E-state index contributed by atoms with van der Waals surface area (Å²) in [7, 11) is 0. The number of pyridine rings is 1. The Kier molecular flexibility index (Phi) is 4.30. The zero-order chi connectivity index (χ0) is 21.5. The van der Waals surface area contributed by atoms with Gasteiger partial charge in [0, 0.05) is 17.5 Å². The number of nitrogens with zero attached hydrogens (tertiary/aromatic N) is 2. The maximum Gasteiger partial charge on any atom is 0.344 e. The fourth-order valence-electron chi connectivity index (χ4n) is 3.91. The molecule has 2 aromatic heterocycles. The molecule has 6 heteroatoms. The molecule has 0 amide bonds. The van der Waals surface area contributed by atoms with Crippen LogP contribution in [0.2, 0.25) is 0 Å². The smallest absolute Gasteiger partial charge is 0.344 e. The zero-order valence-electron chi connectivity index (χ0n) is 16.6. The molecule has 2 N–H and O–H groups in total. The molecule has 3 heterocycles.